The summed E-state index contributed by atoms with van der Waals surface area (Å²) in [6, 6.07) is 8.14. The molecule has 118 valence electrons. The lowest BCUT2D eigenvalue weighted by molar-refractivity contribution is -0.114. The van der Waals surface area contributed by atoms with Gasteiger partial charge in [-0.3, -0.25) is 4.79 Å². The summed E-state index contributed by atoms with van der Waals surface area (Å²) in [5, 5.41) is 6.23. The minimum atomic E-state index is -0.0497. The third-order valence-corrected chi connectivity index (χ3v) is 3.24. The van der Waals surface area contributed by atoms with Crippen molar-refractivity contribution in [1.82, 2.24) is 5.32 Å². The monoisotopic (exact) mass is 292 g/mol. The van der Waals surface area contributed by atoms with Crippen LogP contribution < -0.4 is 10.6 Å². The third-order valence-electron chi connectivity index (χ3n) is 3.24. The first kappa shape index (κ1) is 17.7. The lowest BCUT2D eigenvalue weighted by atomic mass is 10.1. The van der Waals surface area contributed by atoms with Crippen LogP contribution in [0.25, 0.3) is 0 Å². The van der Waals surface area contributed by atoms with Crippen molar-refractivity contribution >= 4 is 11.6 Å². The molecule has 1 aromatic carbocycles. The minimum absolute atomic E-state index is 0.0497. The zero-order chi connectivity index (χ0) is 15.7. The van der Waals surface area contributed by atoms with Crippen molar-refractivity contribution in [2.45, 2.75) is 40.2 Å². The Labute approximate surface area is 128 Å². The number of ether oxygens (including phenoxy) is 1. The van der Waals surface area contributed by atoms with E-state index in [9.17, 15) is 4.79 Å². The first-order chi connectivity index (χ1) is 9.99. The Morgan fingerprint density at radius 3 is 2.67 bits per heavy atom. The smallest absolute Gasteiger partial charge is 0.221 e. The van der Waals surface area contributed by atoms with Gasteiger partial charge in [0.1, 0.15) is 0 Å². The van der Waals surface area contributed by atoms with Gasteiger partial charge in [0.25, 0.3) is 0 Å². The van der Waals surface area contributed by atoms with Gasteiger partial charge in [0.05, 0.1) is 6.61 Å². The van der Waals surface area contributed by atoms with Gasteiger partial charge in [0, 0.05) is 31.8 Å². The topological polar surface area (TPSA) is 50.4 Å². The van der Waals surface area contributed by atoms with E-state index < -0.39 is 0 Å². The molecule has 0 heterocycles. The molecule has 1 aromatic rings. The Bertz CT molecular complexity index is 433. The van der Waals surface area contributed by atoms with Crippen LogP contribution in [0.3, 0.4) is 0 Å². The first-order valence-corrected chi connectivity index (χ1v) is 7.67. The minimum Gasteiger partial charge on any atom is -0.380 e. The first-order valence-electron chi connectivity index (χ1n) is 7.67. The summed E-state index contributed by atoms with van der Waals surface area (Å²) in [5.41, 5.74) is 1.99. The number of benzene rings is 1. The maximum Gasteiger partial charge on any atom is 0.221 e. The van der Waals surface area contributed by atoms with Crippen LogP contribution in [0, 0.1) is 5.92 Å². The van der Waals surface area contributed by atoms with Crippen molar-refractivity contribution in [3.8, 4) is 0 Å². The average Bonchev–Trinajstić information content (AvgIpc) is 2.41. The highest BCUT2D eigenvalue weighted by atomic mass is 16.5. The summed E-state index contributed by atoms with van der Waals surface area (Å²) in [7, 11) is 0. The number of hydrogen-bond donors (Lipinski definition) is 2. The number of anilines is 1. The number of rotatable bonds is 9. The maximum atomic E-state index is 11.1. The normalized spacial score (nSPS) is 12.4. The quantitative estimate of drug-likeness (QED) is 0.686. The fourth-order valence-corrected chi connectivity index (χ4v) is 1.98. The SMILES string of the molecule is CC(=O)Nc1cccc(C(C)NCCOCCC(C)C)c1. The zero-order valence-corrected chi connectivity index (χ0v) is 13.6. The number of nitrogens with one attached hydrogen (secondary N) is 2. The largest absolute Gasteiger partial charge is 0.380 e. The Morgan fingerprint density at radius 1 is 1.24 bits per heavy atom. The molecule has 0 aromatic heterocycles. The number of carbonyl (C=O) groups excluding carboxylic acids is 1. The predicted molar refractivity (Wildman–Crippen MR) is 87.4 cm³/mol. The fraction of sp³-hybridized carbons (Fsp3) is 0.588. The van der Waals surface area contributed by atoms with Crippen LogP contribution in [-0.4, -0.2) is 25.7 Å². The van der Waals surface area contributed by atoms with E-state index in [0.29, 0.717) is 5.92 Å². The number of hydrogen-bond acceptors (Lipinski definition) is 3. The second-order valence-corrected chi connectivity index (χ2v) is 5.78. The summed E-state index contributed by atoms with van der Waals surface area (Å²) < 4.78 is 5.59. The Hall–Kier alpha value is -1.39. The van der Waals surface area contributed by atoms with E-state index in [0.717, 1.165) is 37.4 Å². The summed E-state index contributed by atoms with van der Waals surface area (Å²) in [6.45, 7) is 10.4. The average molecular weight is 292 g/mol. The van der Waals surface area contributed by atoms with Crippen LogP contribution in [0.4, 0.5) is 5.69 Å². The van der Waals surface area contributed by atoms with Gasteiger partial charge in [-0.15, -0.1) is 0 Å². The summed E-state index contributed by atoms with van der Waals surface area (Å²) in [4.78, 5) is 11.1. The highest BCUT2D eigenvalue weighted by Crippen LogP contribution is 2.17. The van der Waals surface area contributed by atoms with Crippen molar-refractivity contribution in [3.05, 3.63) is 29.8 Å². The van der Waals surface area contributed by atoms with E-state index in [1.54, 1.807) is 0 Å². The highest BCUT2D eigenvalue weighted by molar-refractivity contribution is 5.88. The molecule has 0 fully saturated rings. The molecule has 0 spiro atoms. The van der Waals surface area contributed by atoms with E-state index in [1.165, 1.54) is 6.92 Å². The van der Waals surface area contributed by atoms with Crippen LogP contribution >= 0.6 is 0 Å². The van der Waals surface area contributed by atoms with Gasteiger partial charge in [0.15, 0.2) is 0 Å². The van der Waals surface area contributed by atoms with Crippen molar-refractivity contribution in [2.75, 3.05) is 25.1 Å². The van der Waals surface area contributed by atoms with E-state index in [2.05, 4.69) is 37.5 Å². The molecule has 0 saturated carbocycles. The molecule has 1 atom stereocenters. The molecule has 1 unspecified atom stereocenters. The zero-order valence-electron chi connectivity index (χ0n) is 13.6. The number of amides is 1. The third kappa shape index (κ3) is 7.83. The summed E-state index contributed by atoms with van der Waals surface area (Å²) in [6.07, 6.45) is 1.11. The van der Waals surface area contributed by atoms with Gasteiger partial charge < -0.3 is 15.4 Å². The Balaban J connectivity index is 2.31. The molecule has 0 radical (unpaired) electrons. The molecule has 4 nitrogen and oxygen atoms in total. The lowest BCUT2D eigenvalue weighted by Crippen LogP contribution is -2.23. The van der Waals surface area contributed by atoms with Gasteiger partial charge in [-0.05, 0) is 37.0 Å². The summed E-state index contributed by atoms with van der Waals surface area (Å²) >= 11 is 0. The van der Waals surface area contributed by atoms with Crippen LogP contribution in [0.15, 0.2) is 24.3 Å². The molecule has 0 aliphatic heterocycles. The maximum absolute atomic E-state index is 11.1. The number of carbonyl (C=O) groups is 1. The van der Waals surface area contributed by atoms with E-state index in [4.69, 9.17) is 4.74 Å². The van der Waals surface area contributed by atoms with Gasteiger partial charge >= 0.3 is 0 Å². The fourth-order valence-electron chi connectivity index (χ4n) is 1.98. The van der Waals surface area contributed by atoms with E-state index in [1.807, 2.05) is 18.2 Å². The molecule has 2 N–H and O–H groups in total. The van der Waals surface area contributed by atoms with Gasteiger partial charge in [0.2, 0.25) is 5.91 Å². The van der Waals surface area contributed by atoms with Crippen LogP contribution in [-0.2, 0) is 9.53 Å². The molecule has 0 bridgehead atoms. The van der Waals surface area contributed by atoms with Crippen molar-refractivity contribution in [1.29, 1.82) is 0 Å². The summed E-state index contributed by atoms with van der Waals surface area (Å²) in [5.74, 6) is 0.639. The van der Waals surface area contributed by atoms with Gasteiger partial charge in [-0.25, -0.2) is 0 Å². The molecular formula is C17H28N2O2. The second kappa shape index (κ2) is 9.53. The van der Waals surface area contributed by atoms with Crippen LogP contribution in [0.2, 0.25) is 0 Å². The molecule has 21 heavy (non-hydrogen) atoms. The Morgan fingerprint density at radius 2 is 2.00 bits per heavy atom. The van der Waals surface area contributed by atoms with Crippen molar-refractivity contribution in [3.63, 3.8) is 0 Å². The molecule has 0 saturated heterocycles. The Kier molecular flexibility index (Phi) is 8.01. The molecule has 1 amide bonds. The predicted octanol–water partition coefficient (Wildman–Crippen LogP) is 3.36. The molecular weight excluding hydrogens is 264 g/mol. The second-order valence-electron chi connectivity index (χ2n) is 5.78. The molecule has 0 aliphatic carbocycles. The van der Waals surface area contributed by atoms with Gasteiger partial charge in [-0.2, -0.15) is 0 Å². The highest BCUT2D eigenvalue weighted by Gasteiger charge is 2.05. The van der Waals surface area contributed by atoms with Crippen molar-refractivity contribution < 1.29 is 9.53 Å². The van der Waals surface area contributed by atoms with E-state index in [-0.39, 0.29) is 11.9 Å². The van der Waals surface area contributed by atoms with Gasteiger partial charge in [-0.1, -0.05) is 26.0 Å². The standard InChI is InChI=1S/C17H28N2O2/c1-13(2)8-10-21-11-9-18-14(3)16-6-5-7-17(12-16)19-15(4)20/h5-7,12-14,18H,8-11H2,1-4H3,(H,19,20). The van der Waals surface area contributed by atoms with Crippen molar-refractivity contribution in [2.24, 2.45) is 5.92 Å². The molecule has 1 rings (SSSR count). The lowest BCUT2D eigenvalue weighted by Gasteiger charge is -2.15. The van der Waals surface area contributed by atoms with Crippen LogP contribution in [0.5, 0.6) is 0 Å². The molecule has 0 aliphatic rings. The van der Waals surface area contributed by atoms with Crippen LogP contribution in [0.1, 0.15) is 45.7 Å². The van der Waals surface area contributed by atoms with E-state index >= 15 is 0 Å². The molecule has 4 heteroatoms.